The Hall–Kier alpha value is -2.41. The fourth-order valence-corrected chi connectivity index (χ4v) is 6.36. The van der Waals surface area contributed by atoms with Gasteiger partial charge >= 0.3 is 0 Å². The molecule has 0 N–H and O–H groups in total. The number of aryl methyl sites for hydroxylation is 1. The van der Waals surface area contributed by atoms with Gasteiger partial charge in [0.2, 0.25) is 10.0 Å². The van der Waals surface area contributed by atoms with Crippen LogP contribution in [0.15, 0.2) is 48.5 Å². The van der Waals surface area contributed by atoms with Crippen LogP contribution in [0.1, 0.15) is 54.9 Å². The van der Waals surface area contributed by atoms with Crippen LogP contribution in [0.4, 0.5) is 10.1 Å². The summed E-state index contributed by atoms with van der Waals surface area (Å²) in [7, 11) is -3.32. The zero-order valence-corrected chi connectivity index (χ0v) is 18.7. The molecule has 2 aliphatic heterocycles. The Morgan fingerprint density at radius 3 is 2.61 bits per heavy atom. The average molecular weight is 445 g/mol. The first-order valence-electron chi connectivity index (χ1n) is 11.0. The predicted molar refractivity (Wildman–Crippen MR) is 120 cm³/mol. The highest BCUT2D eigenvalue weighted by Gasteiger charge is 2.35. The van der Waals surface area contributed by atoms with Gasteiger partial charge < -0.3 is 4.90 Å². The number of benzene rings is 2. The van der Waals surface area contributed by atoms with Crippen LogP contribution in [-0.2, 0) is 16.4 Å². The summed E-state index contributed by atoms with van der Waals surface area (Å²) >= 11 is 0. The van der Waals surface area contributed by atoms with E-state index in [2.05, 4.69) is 6.92 Å². The molecule has 2 heterocycles. The van der Waals surface area contributed by atoms with Crippen LogP contribution >= 0.6 is 0 Å². The smallest absolute Gasteiger partial charge is 0.254 e. The normalized spacial score (nSPS) is 23.2. The van der Waals surface area contributed by atoms with Gasteiger partial charge in [-0.05, 0) is 81.3 Å². The van der Waals surface area contributed by atoms with E-state index in [0.29, 0.717) is 24.2 Å². The largest absolute Gasteiger partial charge is 0.333 e. The Morgan fingerprint density at radius 1 is 1.10 bits per heavy atom. The lowest BCUT2D eigenvalue weighted by Crippen LogP contribution is -2.40. The third kappa shape index (κ3) is 4.76. The maximum atomic E-state index is 13.4. The van der Waals surface area contributed by atoms with Gasteiger partial charge in [-0.15, -0.1) is 0 Å². The predicted octanol–water partition coefficient (Wildman–Crippen LogP) is 4.38. The highest BCUT2D eigenvalue weighted by atomic mass is 32.2. The topological polar surface area (TPSA) is 57.7 Å². The number of carbonyl (C=O) groups excluding carboxylic acids is 1. The molecule has 2 atom stereocenters. The number of amides is 1. The van der Waals surface area contributed by atoms with Crippen molar-refractivity contribution in [2.24, 2.45) is 0 Å². The van der Waals surface area contributed by atoms with E-state index in [1.807, 2.05) is 4.90 Å². The van der Waals surface area contributed by atoms with E-state index in [1.54, 1.807) is 36.4 Å². The summed E-state index contributed by atoms with van der Waals surface area (Å²) in [6.45, 7) is 2.52. The first kappa shape index (κ1) is 21.8. The van der Waals surface area contributed by atoms with Gasteiger partial charge in [0.25, 0.3) is 5.91 Å². The van der Waals surface area contributed by atoms with Gasteiger partial charge in [-0.3, -0.25) is 9.10 Å². The van der Waals surface area contributed by atoms with Crippen LogP contribution in [0.3, 0.4) is 0 Å². The number of carbonyl (C=O) groups is 1. The Bertz CT molecular complexity index is 1040. The molecule has 0 spiro atoms. The van der Waals surface area contributed by atoms with Gasteiger partial charge in [-0.25, -0.2) is 12.8 Å². The summed E-state index contributed by atoms with van der Waals surface area (Å²) in [5, 5.41) is 0. The Labute approximate surface area is 183 Å². The number of hydrogen-bond acceptors (Lipinski definition) is 3. The third-order valence-electron chi connectivity index (χ3n) is 6.43. The fraction of sp³-hybridized carbons (Fsp3) is 0.458. The first-order chi connectivity index (χ1) is 14.8. The van der Waals surface area contributed by atoms with E-state index in [9.17, 15) is 17.6 Å². The Morgan fingerprint density at radius 2 is 1.87 bits per heavy atom. The molecule has 0 saturated carbocycles. The highest BCUT2D eigenvalue weighted by Crippen LogP contribution is 2.31. The van der Waals surface area contributed by atoms with Crippen molar-refractivity contribution in [1.82, 2.24) is 4.90 Å². The van der Waals surface area contributed by atoms with Crippen molar-refractivity contribution in [3.05, 3.63) is 65.5 Å². The first-order valence-corrected chi connectivity index (χ1v) is 12.6. The number of sulfonamides is 1. The molecular formula is C24H29FN2O3S. The number of anilines is 1. The van der Waals surface area contributed by atoms with Gasteiger partial charge in [0, 0.05) is 24.2 Å². The number of likely N-dealkylation sites (tertiary alicyclic amines) is 1. The second-order valence-corrected chi connectivity index (χ2v) is 10.6. The van der Waals surface area contributed by atoms with Crippen molar-refractivity contribution in [1.29, 1.82) is 0 Å². The molecule has 31 heavy (non-hydrogen) atoms. The molecule has 0 aliphatic carbocycles. The van der Waals surface area contributed by atoms with Crippen LogP contribution in [0, 0.1) is 5.82 Å². The second-order valence-electron chi connectivity index (χ2n) is 8.60. The molecule has 1 amide bonds. The molecule has 2 aromatic carbocycles. The fourth-order valence-electron chi connectivity index (χ4n) is 4.73. The van der Waals surface area contributed by atoms with E-state index < -0.39 is 10.0 Å². The summed E-state index contributed by atoms with van der Waals surface area (Å²) < 4.78 is 39.5. The van der Waals surface area contributed by atoms with Crippen molar-refractivity contribution in [3.63, 3.8) is 0 Å². The molecule has 2 aliphatic rings. The quantitative estimate of drug-likeness (QED) is 0.688. The summed E-state index contributed by atoms with van der Waals surface area (Å²) in [6, 6.07) is 13.8. The van der Waals surface area contributed by atoms with Gasteiger partial charge in [0.15, 0.2) is 0 Å². The van der Waals surface area contributed by atoms with Gasteiger partial charge in [0.05, 0.1) is 11.4 Å². The minimum Gasteiger partial charge on any atom is -0.333 e. The monoisotopic (exact) mass is 444 g/mol. The maximum Gasteiger partial charge on any atom is 0.254 e. The molecule has 166 valence electrons. The van der Waals surface area contributed by atoms with Crippen LogP contribution < -0.4 is 4.31 Å². The SMILES string of the molecule is C[C@@H]1CC[C@H](CCc2ccc(F)cc2)N1C(=O)c1cccc(N2CCCCS2(=O)=O)c1. The Kier molecular flexibility index (Phi) is 6.32. The molecule has 5 nitrogen and oxygen atoms in total. The summed E-state index contributed by atoms with van der Waals surface area (Å²) in [6.07, 6.45) is 4.99. The molecule has 2 fully saturated rings. The molecule has 2 aromatic rings. The van der Waals surface area contributed by atoms with Gasteiger partial charge in [-0.2, -0.15) is 0 Å². The lowest BCUT2D eigenvalue weighted by molar-refractivity contribution is 0.0673. The molecule has 2 saturated heterocycles. The molecule has 0 radical (unpaired) electrons. The van der Waals surface area contributed by atoms with E-state index in [-0.39, 0.29) is 29.6 Å². The number of rotatable bonds is 5. The van der Waals surface area contributed by atoms with E-state index in [1.165, 1.54) is 16.4 Å². The number of nitrogens with zero attached hydrogens (tertiary/aromatic N) is 2. The number of hydrogen-bond donors (Lipinski definition) is 0. The van der Waals surface area contributed by atoms with E-state index in [4.69, 9.17) is 0 Å². The molecule has 4 rings (SSSR count). The van der Waals surface area contributed by atoms with Crippen LogP contribution in [0.25, 0.3) is 0 Å². The molecule has 0 aromatic heterocycles. The van der Waals surface area contributed by atoms with Crippen molar-refractivity contribution in [2.75, 3.05) is 16.6 Å². The number of halogens is 1. The lowest BCUT2D eigenvalue weighted by Gasteiger charge is -2.31. The van der Waals surface area contributed by atoms with Gasteiger partial charge in [0.1, 0.15) is 5.82 Å². The summed E-state index contributed by atoms with van der Waals surface area (Å²) in [5.41, 5.74) is 2.16. The van der Waals surface area contributed by atoms with Crippen LogP contribution in [-0.4, -0.2) is 43.6 Å². The minimum absolute atomic E-state index is 0.0506. The lowest BCUT2D eigenvalue weighted by atomic mass is 10.0. The molecule has 0 bridgehead atoms. The van der Waals surface area contributed by atoms with Crippen molar-refractivity contribution in [2.45, 2.75) is 57.5 Å². The van der Waals surface area contributed by atoms with Crippen LogP contribution in [0.2, 0.25) is 0 Å². The molecule has 0 unspecified atom stereocenters. The summed E-state index contributed by atoms with van der Waals surface area (Å²) in [4.78, 5) is 15.4. The molecule has 7 heteroatoms. The standard InChI is InChI=1S/C24H29FN2O3S/c1-18-7-13-22(14-10-19-8-11-21(25)12-9-19)27(18)24(28)20-5-4-6-23(17-20)26-15-2-3-16-31(26,29)30/h4-6,8-9,11-12,17-18,22H,2-3,7,10,13-16H2,1H3/t18-,22-/m1/s1. The van der Waals surface area contributed by atoms with Crippen LogP contribution in [0.5, 0.6) is 0 Å². The van der Waals surface area contributed by atoms with Crippen molar-refractivity contribution < 1.29 is 17.6 Å². The maximum absolute atomic E-state index is 13.4. The second kappa shape index (κ2) is 8.99. The molecular weight excluding hydrogens is 415 g/mol. The average Bonchev–Trinajstić information content (AvgIpc) is 3.13. The minimum atomic E-state index is -3.32. The van der Waals surface area contributed by atoms with E-state index >= 15 is 0 Å². The highest BCUT2D eigenvalue weighted by molar-refractivity contribution is 7.92. The Balaban J connectivity index is 1.51. The van der Waals surface area contributed by atoms with Gasteiger partial charge in [-0.1, -0.05) is 18.2 Å². The zero-order valence-electron chi connectivity index (χ0n) is 17.8. The van der Waals surface area contributed by atoms with Crippen molar-refractivity contribution in [3.8, 4) is 0 Å². The third-order valence-corrected chi connectivity index (χ3v) is 8.30. The summed E-state index contributed by atoms with van der Waals surface area (Å²) in [5.74, 6) is -0.143. The zero-order chi connectivity index (χ0) is 22.0. The van der Waals surface area contributed by atoms with Crippen molar-refractivity contribution >= 4 is 21.6 Å². The van der Waals surface area contributed by atoms with E-state index in [0.717, 1.165) is 37.7 Å².